The van der Waals surface area contributed by atoms with Gasteiger partial charge in [0, 0.05) is 0 Å². The first-order valence-corrected chi connectivity index (χ1v) is 13.6. The highest BCUT2D eigenvalue weighted by atomic mass is 32.2. The van der Waals surface area contributed by atoms with Crippen LogP contribution >= 0.6 is 0 Å². The lowest BCUT2D eigenvalue weighted by Gasteiger charge is -2.59. The van der Waals surface area contributed by atoms with Crippen molar-refractivity contribution in [3.05, 3.63) is 84.9 Å². The van der Waals surface area contributed by atoms with Gasteiger partial charge in [-0.05, 0) is 98.9 Å². The van der Waals surface area contributed by atoms with Crippen LogP contribution in [0.15, 0.2) is 99.6 Å². The number of carbonyl (C=O) groups excluding carboxylic acids is 1. The lowest BCUT2D eigenvalue weighted by molar-refractivity contribution is -0.185. The van der Waals surface area contributed by atoms with Gasteiger partial charge in [0.15, 0.2) is 14.7 Å². The average molecular weight is 486 g/mol. The summed E-state index contributed by atoms with van der Waals surface area (Å²) < 4.78 is 5.94. The molecule has 2 atom stereocenters. The smallest absolute Gasteiger partial charge is 0.317 e. The summed E-state index contributed by atoms with van der Waals surface area (Å²) in [7, 11) is -0.261. The average Bonchev–Trinajstić information content (AvgIpc) is 2.86. The molecular formula is C30H29O4S+. The molecule has 4 bridgehead atoms. The fraction of sp³-hybridized carbons (Fsp3) is 0.333. The molecule has 3 aromatic rings. The standard InChI is InChI=1S/C30H28O4S/c31-27(32)29-16-21-15-22(17-29)19-30(18-21,20-29)28(33)34-23-11-13-26(14-12-23)35(24-7-3-1-4-8-24)25-9-5-2-6-10-25/h1-14,21-22H,15-20H2/p+1. The topological polar surface area (TPSA) is 63.6 Å². The monoisotopic (exact) mass is 485 g/mol. The van der Waals surface area contributed by atoms with Crippen molar-refractivity contribution in [2.75, 3.05) is 0 Å². The van der Waals surface area contributed by atoms with Crippen LogP contribution in [0.4, 0.5) is 0 Å². The SMILES string of the molecule is O=C(O)C12CC3CC(C1)CC(C(=O)Oc1ccc([S+](c4ccccc4)c4ccccc4)cc1)(C3)C2. The Hall–Kier alpha value is -3.05. The van der Waals surface area contributed by atoms with Gasteiger partial charge in [0.05, 0.1) is 21.7 Å². The Morgan fingerprint density at radius 3 is 1.71 bits per heavy atom. The number of hydrogen-bond acceptors (Lipinski definition) is 3. The maximum absolute atomic E-state index is 13.5. The number of carboxylic acid groups (broad SMARTS) is 1. The van der Waals surface area contributed by atoms with Crippen molar-refractivity contribution in [1.82, 2.24) is 0 Å². The van der Waals surface area contributed by atoms with Crippen LogP contribution in [0.2, 0.25) is 0 Å². The number of ether oxygens (including phenoxy) is 1. The fourth-order valence-electron chi connectivity index (χ4n) is 7.13. The highest BCUT2D eigenvalue weighted by molar-refractivity contribution is 7.97. The van der Waals surface area contributed by atoms with Gasteiger partial charge in [-0.25, -0.2) is 0 Å². The number of rotatable bonds is 6. The van der Waals surface area contributed by atoms with E-state index in [1.54, 1.807) is 0 Å². The van der Waals surface area contributed by atoms with E-state index in [4.69, 9.17) is 4.74 Å². The molecule has 0 aliphatic heterocycles. The van der Waals surface area contributed by atoms with Gasteiger partial charge in [-0.3, -0.25) is 9.59 Å². The molecule has 0 radical (unpaired) electrons. The Balaban J connectivity index is 1.25. The van der Waals surface area contributed by atoms with Crippen molar-refractivity contribution in [3.8, 4) is 5.75 Å². The fourth-order valence-corrected chi connectivity index (χ4v) is 9.22. The van der Waals surface area contributed by atoms with Crippen molar-refractivity contribution in [2.45, 2.75) is 53.2 Å². The summed E-state index contributed by atoms with van der Waals surface area (Å²) in [6.07, 6.45) is 4.43. The van der Waals surface area contributed by atoms with Crippen LogP contribution in [0.5, 0.6) is 5.75 Å². The van der Waals surface area contributed by atoms with Gasteiger partial charge in [0.25, 0.3) is 0 Å². The number of hydrogen-bond donors (Lipinski definition) is 1. The van der Waals surface area contributed by atoms with E-state index in [1.807, 2.05) is 36.4 Å². The van der Waals surface area contributed by atoms with Crippen LogP contribution in [-0.4, -0.2) is 17.0 Å². The van der Waals surface area contributed by atoms with Crippen LogP contribution in [0.1, 0.15) is 38.5 Å². The van der Waals surface area contributed by atoms with Crippen molar-refractivity contribution in [1.29, 1.82) is 0 Å². The quantitative estimate of drug-likeness (QED) is 0.251. The van der Waals surface area contributed by atoms with Gasteiger partial charge in [0.1, 0.15) is 5.75 Å². The molecule has 178 valence electrons. The molecule has 4 aliphatic rings. The highest BCUT2D eigenvalue weighted by Crippen LogP contribution is 2.65. The lowest BCUT2D eigenvalue weighted by Crippen LogP contribution is -2.58. The Kier molecular flexibility index (Phi) is 5.48. The van der Waals surface area contributed by atoms with Crippen molar-refractivity contribution < 1.29 is 19.4 Å². The molecule has 2 unspecified atom stereocenters. The van der Waals surface area contributed by atoms with E-state index < -0.39 is 16.8 Å². The van der Waals surface area contributed by atoms with Crippen LogP contribution in [0.3, 0.4) is 0 Å². The van der Waals surface area contributed by atoms with Gasteiger partial charge in [-0.2, -0.15) is 0 Å². The summed E-state index contributed by atoms with van der Waals surface area (Å²) in [5.74, 6) is 0.197. The molecule has 7 rings (SSSR count). The molecule has 4 nitrogen and oxygen atoms in total. The second kappa shape index (κ2) is 8.56. The Bertz CT molecular complexity index is 1180. The first kappa shape index (κ1) is 22.4. The minimum absolute atomic E-state index is 0.241. The molecule has 4 saturated carbocycles. The highest BCUT2D eigenvalue weighted by Gasteiger charge is 2.64. The zero-order chi connectivity index (χ0) is 24.0. The zero-order valence-corrected chi connectivity index (χ0v) is 20.4. The number of aliphatic carboxylic acids is 1. The predicted octanol–water partition coefficient (Wildman–Crippen LogP) is 6.36. The number of esters is 1. The summed E-state index contributed by atoms with van der Waals surface area (Å²) in [5.41, 5.74) is -1.40. The molecule has 5 heteroatoms. The Morgan fingerprint density at radius 2 is 1.20 bits per heavy atom. The van der Waals surface area contributed by atoms with Crippen LogP contribution < -0.4 is 4.74 Å². The van der Waals surface area contributed by atoms with E-state index in [2.05, 4.69) is 48.5 Å². The number of carbonyl (C=O) groups is 2. The van der Waals surface area contributed by atoms with E-state index in [0.717, 1.165) is 24.2 Å². The lowest BCUT2D eigenvalue weighted by atomic mass is 9.44. The first-order chi connectivity index (χ1) is 17.0. The maximum Gasteiger partial charge on any atom is 0.317 e. The van der Waals surface area contributed by atoms with E-state index in [1.165, 1.54) is 9.79 Å². The summed E-state index contributed by atoms with van der Waals surface area (Å²) in [4.78, 5) is 29.3. The molecule has 0 spiro atoms. The zero-order valence-electron chi connectivity index (χ0n) is 19.6. The summed E-state index contributed by atoms with van der Waals surface area (Å²) in [6, 6.07) is 28.7. The van der Waals surface area contributed by atoms with Gasteiger partial charge in [-0.1, -0.05) is 36.4 Å². The Morgan fingerprint density at radius 1 is 0.714 bits per heavy atom. The van der Waals surface area contributed by atoms with E-state index in [-0.39, 0.29) is 16.9 Å². The normalized spacial score (nSPS) is 28.7. The maximum atomic E-state index is 13.5. The minimum atomic E-state index is -0.743. The third-order valence-corrected chi connectivity index (χ3v) is 10.4. The molecule has 0 amide bonds. The molecule has 35 heavy (non-hydrogen) atoms. The number of benzene rings is 3. The largest absolute Gasteiger partial charge is 0.481 e. The molecular weight excluding hydrogens is 456 g/mol. The minimum Gasteiger partial charge on any atom is -0.481 e. The van der Waals surface area contributed by atoms with Crippen molar-refractivity contribution in [3.63, 3.8) is 0 Å². The van der Waals surface area contributed by atoms with Crippen LogP contribution in [-0.2, 0) is 20.5 Å². The molecule has 3 aromatic carbocycles. The van der Waals surface area contributed by atoms with Crippen molar-refractivity contribution >= 4 is 22.8 Å². The molecule has 0 heterocycles. The third-order valence-electron chi connectivity index (χ3n) is 8.18. The van der Waals surface area contributed by atoms with E-state index in [9.17, 15) is 14.7 Å². The van der Waals surface area contributed by atoms with Gasteiger partial charge in [-0.15, -0.1) is 0 Å². The van der Waals surface area contributed by atoms with Crippen LogP contribution in [0, 0.1) is 22.7 Å². The van der Waals surface area contributed by atoms with E-state index >= 15 is 0 Å². The first-order valence-electron chi connectivity index (χ1n) is 12.4. The summed E-state index contributed by atoms with van der Waals surface area (Å²) >= 11 is 0. The molecule has 0 aromatic heterocycles. The van der Waals surface area contributed by atoms with E-state index in [0.29, 0.717) is 36.8 Å². The second-order valence-corrected chi connectivity index (χ2v) is 12.6. The summed E-state index contributed by atoms with van der Waals surface area (Å²) in [5, 5.41) is 9.98. The number of carboxylic acids is 1. The molecule has 1 N–H and O–H groups in total. The summed E-state index contributed by atoms with van der Waals surface area (Å²) in [6.45, 7) is 0. The van der Waals surface area contributed by atoms with Gasteiger partial charge < -0.3 is 9.84 Å². The van der Waals surface area contributed by atoms with Gasteiger partial charge in [0.2, 0.25) is 0 Å². The van der Waals surface area contributed by atoms with Crippen molar-refractivity contribution in [2.24, 2.45) is 22.7 Å². The molecule has 0 saturated heterocycles. The predicted molar refractivity (Wildman–Crippen MR) is 134 cm³/mol. The van der Waals surface area contributed by atoms with Crippen LogP contribution in [0.25, 0.3) is 0 Å². The molecule has 4 fully saturated rings. The third kappa shape index (κ3) is 3.96. The molecule has 4 aliphatic carbocycles. The second-order valence-electron chi connectivity index (χ2n) is 10.6. The van der Waals surface area contributed by atoms with Gasteiger partial charge >= 0.3 is 11.9 Å². The Labute approximate surface area is 208 Å².